The molecular formula is C9H10N2O3. The standard InChI is InChI=1S/C9H10N2O3/c1-14-8-6-5-7(10-11-8)3-2-4-9(12)13/h2-3,5-6H,4H2,1H3,(H,12,13). The summed E-state index contributed by atoms with van der Waals surface area (Å²) < 4.78 is 4.82. The molecule has 14 heavy (non-hydrogen) atoms. The molecule has 74 valence electrons. The quantitative estimate of drug-likeness (QED) is 0.773. The van der Waals surface area contributed by atoms with E-state index in [1.165, 1.54) is 13.2 Å². The first kappa shape index (κ1) is 10.2. The van der Waals surface area contributed by atoms with Crippen molar-refractivity contribution in [3.05, 3.63) is 23.9 Å². The average Bonchev–Trinajstić information content (AvgIpc) is 2.18. The molecule has 0 aliphatic heterocycles. The van der Waals surface area contributed by atoms with Crippen LogP contribution in [0.25, 0.3) is 6.08 Å². The molecule has 0 atom stereocenters. The van der Waals surface area contributed by atoms with Gasteiger partial charge < -0.3 is 9.84 Å². The molecule has 0 saturated heterocycles. The summed E-state index contributed by atoms with van der Waals surface area (Å²) in [5, 5.41) is 15.9. The Morgan fingerprint density at radius 3 is 2.86 bits per heavy atom. The zero-order valence-electron chi connectivity index (χ0n) is 7.67. The van der Waals surface area contributed by atoms with Gasteiger partial charge >= 0.3 is 5.97 Å². The number of ether oxygens (including phenoxy) is 1. The maximum atomic E-state index is 10.2. The van der Waals surface area contributed by atoms with Crippen LogP contribution in [0, 0.1) is 0 Å². The van der Waals surface area contributed by atoms with Crippen molar-refractivity contribution in [3.63, 3.8) is 0 Å². The first-order chi connectivity index (χ1) is 6.72. The van der Waals surface area contributed by atoms with Gasteiger partial charge in [-0.3, -0.25) is 4.79 Å². The number of rotatable bonds is 4. The van der Waals surface area contributed by atoms with Gasteiger partial charge in [-0.05, 0) is 12.1 Å². The van der Waals surface area contributed by atoms with Crippen molar-refractivity contribution in [1.82, 2.24) is 10.2 Å². The third kappa shape index (κ3) is 3.22. The number of hydrogen-bond donors (Lipinski definition) is 1. The SMILES string of the molecule is COc1ccc(C=CCC(=O)O)nn1. The van der Waals surface area contributed by atoms with Crippen molar-refractivity contribution in [2.24, 2.45) is 0 Å². The molecular weight excluding hydrogens is 184 g/mol. The van der Waals surface area contributed by atoms with Gasteiger partial charge in [0, 0.05) is 6.07 Å². The maximum absolute atomic E-state index is 10.2. The van der Waals surface area contributed by atoms with Crippen molar-refractivity contribution in [1.29, 1.82) is 0 Å². The lowest BCUT2D eigenvalue weighted by Crippen LogP contribution is -1.92. The Morgan fingerprint density at radius 2 is 2.36 bits per heavy atom. The van der Waals surface area contributed by atoms with Gasteiger partial charge in [-0.25, -0.2) is 0 Å². The van der Waals surface area contributed by atoms with E-state index in [2.05, 4.69) is 10.2 Å². The zero-order chi connectivity index (χ0) is 10.4. The highest BCUT2D eigenvalue weighted by Gasteiger charge is 1.94. The fourth-order valence-corrected chi connectivity index (χ4v) is 0.809. The van der Waals surface area contributed by atoms with Crippen molar-refractivity contribution in [2.75, 3.05) is 7.11 Å². The minimum absolute atomic E-state index is 0.0201. The topological polar surface area (TPSA) is 72.3 Å². The lowest BCUT2D eigenvalue weighted by atomic mass is 10.3. The van der Waals surface area contributed by atoms with Gasteiger partial charge in [0.05, 0.1) is 19.2 Å². The van der Waals surface area contributed by atoms with Crippen LogP contribution in [0.4, 0.5) is 0 Å². The number of nitrogens with zero attached hydrogens (tertiary/aromatic N) is 2. The summed E-state index contributed by atoms with van der Waals surface area (Å²) in [6.07, 6.45) is 3.09. The van der Waals surface area contributed by atoms with E-state index < -0.39 is 5.97 Å². The summed E-state index contributed by atoms with van der Waals surface area (Å²) >= 11 is 0. The fourth-order valence-electron chi connectivity index (χ4n) is 0.809. The van der Waals surface area contributed by atoms with Gasteiger partial charge in [-0.1, -0.05) is 6.08 Å². The highest BCUT2D eigenvalue weighted by atomic mass is 16.5. The Labute approximate surface area is 81.0 Å². The third-order valence-corrected chi connectivity index (χ3v) is 1.45. The van der Waals surface area contributed by atoms with Gasteiger partial charge in [-0.15, -0.1) is 10.2 Å². The summed E-state index contributed by atoms with van der Waals surface area (Å²) in [4.78, 5) is 10.2. The van der Waals surface area contributed by atoms with Crippen molar-refractivity contribution >= 4 is 12.0 Å². The number of carboxylic acid groups (broad SMARTS) is 1. The maximum Gasteiger partial charge on any atom is 0.307 e. The van der Waals surface area contributed by atoms with E-state index >= 15 is 0 Å². The largest absolute Gasteiger partial charge is 0.481 e. The number of carboxylic acids is 1. The van der Waals surface area contributed by atoms with Crippen LogP contribution >= 0.6 is 0 Å². The molecule has 0 aliphatic carbocycles. The predicted molar refractivity (Wildman–Crippen MR) is 49.9 cm³/mol. The summed E-state index contributed by atoms with van der Waals surface area (Å²) in [7, 11) is 1.50. The Bertz CT molecular complexity index is 332. The average molecular weight is 194 g/mol. The van der Waals surface area contributed by atoms with Crippen LogP contribution < -0.4 is 4.74 Å². The predicted octanol–water partition coefficient (Wildman–Crippen LogP) is 0.973. The minimum atomic E-state index is -0.872. The van der Waals surface area contributed by atoms with Gasteiger partial charge in [0.2, 0.25) is 5.88 Å². The second-order valence-corrected chi connectivity index (χ2v) is 2.50. The second-order valence-electron chi connectivity index (χ2n) is 2.50. The molecule has 0 radical (unpaired) electrons. The third-order valence-electron chi connectivity index (χ3n) is 1.45. The number of methoxy groups -OCH3 is 1. The highest BCUT2D eigenvalue weighted by Crippen LogP contribution is 2.04. The van der Waals surface area contributed by atoms with Crippen LogP contribution in [-0.4, -0.2) is 28.4 Å². The normalized spacial score (nSPS) is 10.4. The second kappa shape index (κ2) is 4.96. The van der Waals surface area contributed by atoms with Crippen LogP contribution in [0.3, 0.4) is 0 Å². The van der Waals surface area contributed by atoms with E-state index in [0.717, 1.165) is 0 Å². The molecule has 5 nitrogen and oxygen atoms in total. The Hall–Kier alpha value is -1.91. The molecule has 0 fully saturated rings. The number of carbonyl (C=O) groups is 1. The van der Waals surface area contributed by atoms with Gasteiger partial charge in [-0.2, -0.15) is 0 Å². The first-order valence-electron chi connectivity index (χ1n) is 3.98. The summed E-state index contributed by atoms with van der Waals surface area (Å²) in [5.74, 6) is -0.442. The van der Waals surface area contributed by atoms with Crippen LogP contribution in [0.15, 0.2) is 18.2 Å². The van der Waals surface area contributed by atoms with Gasteiger partial charge in [0.1, 0.15) is 0 Å². The smallest absolute Gasteiger partial charge is 0.307 e. The van der Waals surface area contributed by atoms with Crippen molar-refractivity contribution < 1.29 is 14.6 Å². The van der Waals surface area contributed by atoms with E-state index in [1.807, 2.05) is 0 Å². The zero-order valence-corrected chi connectivity index (χ0v) is 7.67. The van der Waals surface area contributed by atoms with E-state index in [9.17, 15) is 4.79 Å². The van der Waals surface area contributed by atoms with Gasteiger partial charge in [0.25, 0.3) is 0 Å². The molecule has 1 aromatic rings. The first-order valence-corrected chi connectivity index (χ1v) is 3.98. The molecule has 1 rings (SSSR count). The summed E-state index contributed by atoms with van der Waals surface area (Å²) in [6, 6.07) is 3.36. The highest BCUT2D eigenvalue weighted by molar-refractivity contribution is 5.70. The molecule has 0 bridgehead atoms. The molecule has 0 aromatic carbocycles. The molecule has 5 heteroatoms. The monoisotopic (exact) mass is 194 g/mol. The van der Waals surface area contributed by atoms with E-state index in [-0.39, 0.29) is 6.42 Å². The number of hydrogen-bond acceptors (Lipinski definition) is 4. The molecule has 1 heterocycles. The van der Waals surface area contributed by atoms with Crippen LogP contribution in [0.2, 0.25) is 0 Å². The van der Waals surface area contributed by atoms with Crippen LogP contribution in [0.1, 0.15) is 12.1 Å². The molecule has 0 aliphatic rings. The Kier molecular flexibility index (Phi) is 3.60. The van der Waals surface area contributed by atoms with Crippen LogP contribution in [0.5, 0.6) is 5.88 Å². The number of aliphatic carboxylic acids is 1. The lowest BCUT2D eigenvalue weighted by molar-refractivity contribution is -0.135. The Balaban J connectivity index is 2.59. The molecule has 0 saturated carbocycles. The molecule has 1 N–H and O–H groups in total. The summed E-state index contributed by atoms with van der Waals surface area (Å²) in [6.45, 7) is 0. The van der Waals surface area contributed by atoms with Gasteiger partial charge in [0.15, 0.2) is 0 Å². The van der Waals surface area contributed by atoms with Crippen LogP contribution in [-0.2, 0) is 4.79 Å². The minimum Gasteiger partial charge on any atom is -0.481 e. The molecule has 0 amide bonds. The van der Waals surface area contributed by atoms with E-state index in [0.29, 0.717) is 11.6 Å². The fraction of sp³-hybridized carbons (Fsp3) is 0.222. The Morgan fingerprint density at radius 1 is 1.57 bits per heavy atom. The van der Waals surface area contributed by atoms with E-state index in [1.54, 1.807) is 18.2 Å². The molecule has 1 aromatic heterocycles. The van der Waals surface area contributed by atoms with Crippen molar-refractivity contribution in [2.45, 2.75) is 6.42 Å². The van der Waals surface area contributed by atoms with Crippen molar-refractivity contribution in [3.8, 4) is 5.88 Å². The summed E-state index contributed by atoms with van der Waals surface area (Å²) in [5.41, 5.74) is 0.604. The molecule has 0 spiro atoms. The lowest BCUT2D eigenvalue weighted by Gasteiger charge is -1.95. The number of aromatic nitrogens is 2. The molecule has 0 unspecified atom stereocenters. The van der Waals surface area contributed by atoms with E-state index in [4.69, 9.17) is 9.84 Å².